The van der Waals surface area contributed by atoms with E-state index in [1.165, 1.54) is 43.9 Å². The third-order valence-electron chi connectivity index (χ3n) is 5.55. The molecule has 1 aromatic heterocycles. The van der Waals surface area contributed by atoms with E-state index in [2.05, 4.69) is 26.4 Å². The van der Waals surface area contributed by atoms with E-state index in [0.29, 0.717) is 24.8 Å². The molecule has 152 valence electrons. The molecule has 6 nitrogen and oxygen atoms in total. The smallest absolute Gasteiger partial charge is 0.253 e. The van der Waals surface area contributed by atoms with Crippen LogP contribution in [-0.4, -0.2) is 43.7 Å². The quantitative estimate of drug-likeness (QED) is 0.507. The monoisotopic (exact) mass is 409 g/mol. The van der Waals surface area contributed by atoms with Crippen molar-refractivity contribution in [2.24, 2.45) is 5.10 Å². The van der Waals surface area contributed by atoms with Gasteiger partial charge in [0.2, 0.25) is 0 Å². The lowest BCUT2D eigenvalue weighted by Gasteiger charge is -2.21. The highest BCUT2D eigenvalue weighted by atomic mass is 32.2. The van der Waals surface area contributed by atoms with Crippen molar-refractivity contribution < 1.29 is 4.79 Å². The van der Waals surface area contributed by atoms with E-state index in [0.717, 1.165) is 28.7 Å². The number of hydrogen-bond acceptors (Lipinski definition) is 5. The third kappa shape index (κ3) is 4.61. The summed E-state index contributed by atoms with van der Waals surface area (Å²) in [5, 5.41) is 15.8. The maximum absolute atomic E-state index is 12.7. The predicted molar refractivity (Wildman–Crippen MR) is 116 cm³/mol. The molecule has 0 N–H and O–H groups in total. The first-order chi connectivity index (χ1) is 14.3. The Kier molecular flexibility index (Phi) is 6.44. The Morgan fingerprint density at radius 1 is 1.17 bits per heavy atom. The van der Waals surface area contributed by atoms with E-state index in [1.54, 1.807) is 5.01 Å². The Morgan fingerprint density at radius 3 is 2.72 bits per heavy atom. The Hall–Kier alpha value is -2.41. The van der Waals surface area contributed by atoms with E-state index < -0.39 is 0 Å². The maximum atomic E-state index is 12.7. The second-order valence-electron chi connectivity index (χ2n) is 7.54. The summed E-state index contributed by atoms with van der Waals surface area (Å²) in [7, 11) is 0. The fraction of sp³-hybridized carbons (Fsp3) is 0.455. The zero-order valence-electron chi connectivity index (χ0n) is 16.7. The number of benzene rings is 1. The lowest BCUT2D eigenvalue weighted by Crippen LogP contribution is -2.25. The van der Waals surface area contributed by atoms with Gasteiger partial charge in [-0.15, -0.1) is 16.8 Å². The topological polar surface area (TPSA) is 63.4 Å². The number of hydrogen-bond donors (Lipinski definition) is 0. The Balaban J connectivity index is 1.41. The van der Waals surface area contributed by atoms with Gasteiger partial charge in [0, 0.05) is 18.9 Å². The SMILES string of the molecule is C=CCn1c(SCC(=O)N2CCC(c3ccccc3)=N2)nnc1C1CCCCC1. The number of rotatable bonds is 7. The second-order valence-corrected chi connectivity index (χ2v) is 8.49. The lowest BCUT2D eigenvalue weighted by molar-refractivity contribution is -0.127. The van der Waals surface area contributed by atoms with Crippen LogP contribution in [0.2, 0.25) is 0 Å². The highest BCUT2D eigenvalue weighted by molar-refractivity contribution is 7.99. The van der Waals surface area contributed by atoms with Crippen LogP contribution in [0.1, 0.15) is 55.8 Å². The first-order valence-electron chi connectivity index (χ1n) is 10.4. The molecule has 1 fully saturated rings. The number of allylic oxidation sites excluding steroid dienone is 1. The molecule has 0 radical (unpaired) electrons. The Bertz CT molecular complexity index is 886. The average Bonchev–Trinajstić information content (AvgIpc) is 3.41. The van der Waals surface area contributed by atoms with E-state index in [4.69, 9.17) is 0 Å². The molecule has 1 saturated carbocycles. The summed E-state index contributed by atoms with van der Waals surface area (Å²) in [5.41, 5.74) is 2.05. The van der Waals surface area contributed by atoms with Gasteiger partial charge in [0.1, 0.15) is 5.82 Å². The normalized spacial score (nSPS) is 17.4. The molecule has 7 heteroatoms. The lowest BCUT2D eigenvalue weighted by atomic mass is 9.89. The molecule has 0 spiro atoms. The number of carbonyl (C=O) groups excluding carboxylic acids is 1. The van der Waals surface area contributed by atoms with Crippen LogP contribution in [0.5, 0.6) is 0 Å². The van der Waals surface area contributed by atoms with Crippen LogP contribution >= 0.6 is 11.8 Å². The van der Waals surface area contributed by atoms with Crippen molar-refractivity contribution in [2.45, 2.75) is 56.1 Å². The number of nitrogens with zero attached hydrogens (tertiary/aromatic N) is 5. The predicted octanol–water partition coefficient (Wildman–Crippen LogP) is 4.24. The fourth-order valence-corrected chi connectivity index (χ4v) is 4.87. The number of hydrazone groups is 1. The Morgan fingerprint density at radius 2 is 1.97 bits per heavy atom. The van der Waals surface area contributed by atoms with E-state index in [9.17, 15) is 4.79 Å². The molecule has 4 rings (SSSR count). The summed E-state index contributed by atoms with van der Waals surface area (Å²) in [6, 6.07) is 10.0. The van der Waals surface area contributed by atoms with Gasteiger partial charge in [-0.3, -0.25) is 4.79 Å². The van der Waals surface area contributed by atoms with Crippen molar-refractivity contribution in [3.63, 3.8) is 0 Å². The van der Waals surface area contributed by atoms with Gasteiger partial charge in [0.05, 0.1) is 18.0 Å². The molecule has 2 aromatic rings. The van der Waals surface area contributed by atoms with Gasteiger partial charge in [-0.05, 0) is 18.4 Å². The van der Waals surface area contributed by atoms with Crippen LogP contribution in [0.25, 0.3) is 0 Å². The van der Waals surface area contributed by atoms with E-state index in [1.807, 2.05) is 36.4 Å². The molecule has 0 atom stereocenters. The molecule has 1 amide bonds. The van der Waals surface area contributed by atoms with Crippen LogP contribution in [0.15, 0.2) is 53.2 Å². The zero-order valence-corrected chi connectivity index (χ0v) is 17.5. The number of aromatic nitrogens is 3. The molecule has 0 bridgehead atoms. The number of thioether (sulfide) groups is 1. The summed E-state index contributed by atoms with van der Waals surface area (Å²) < 4.78 is 2.13. The summed E-state index contributed by atoms with van der Waals surface area (Å²) in [6.45, 7) is 5.19. The van der Waals surface area contributed by atoms with Gasteiger partial charge >= 0.3 is 0 Å². The molecule has 1 aliphatic heterocycles. The molecule has 0 unspecified atom stereocenters. The third-order valence-corrected chi connectivity index (χ3v) is 6.50. The van der Waals surface area contributed by atoms with Gasteiger partial charge in [-0.2, -0.15) is 5.10 Å². The molecular formula is C22H27N5OS. The second kappa shape index (κ2) is 9.39. The Labute approximate surface area is 176 Å². The summed E-state index contributed by atoms with van der Waals surface area (Å²) in [6.07, 6.45) is 8.82. The number of carbonyl (C=O) groups is 1. The van der Waals surface area contributed by atoms with Crippen LogP contribution in [0.3, 0.4) is 0 Å². The van der Waals surface area contributed by atoms with Gasteiger partial charge < -0.3 is 4.57 Å². The largest absolute Gasteiger partial charge is 0.302 e. The molecule has 2 heterocycles. The van der Waals surface area contributed by atoms with Crippen LogP contribution in [-0.2, 0) is 11.3 Å². The summed E-state index contributed by atoms with van der Waals surface area (Å²) in [4.78, 5) is 12.7. The molecule has 0 saturated heterocycles. The molecule has 29 heavy (non-hydrogen) atoms. The molecule has 2 aliphatic rings. The van der Waals surface area contributed by atoms with Crippen molar-refractivity contribution in [1.29, 1.82) is 0 Å². The summed E-state index contributed by atoms with van der Waals surface area (Å²) >= 11 is 1.44. The van der Waals surface area contributed by atoms with Crippen LogP contribution < -0.4 is 0 Å². The van der Waals surface area contributed by atoms with Crippen molar-refractivity contribution in [2.75, 3.05) is 12.3 Å². The van der Waals surface area contributed by atoms with Gasteiger partial charge in [0.15, 0.2) is 5.16 Å². The zero-order chi connectivity index (χ0) is 20.1. The van der Waals surface area contributed by atoms with Gasteiger partial charge in [-0.25, -0.2) is 5.01 Å². The minimum atomic E-state index is 0.00769. The van der Waals surface area contributed by atoms with Crippen molar-refractivity contribution in [3.8, 4) is 0 Å². The first kappa shape index (κ1) is 19.9. The minimum Gasteiger partial charge on any atom is -0.302 e. The first-order valence-corrected chi connectivity index (χ1v) is 11.3. The molecule has 1 aromatic carbocycles. The molecule has 1 aliphatic carbocycles. The molecular weight excluding hydrogens is 382 g/mol. The van der Waals surface area contributed by atoms with Gasteiger partial charge in [-0.1, -0.05) is 67.4 Å². The summed E-state index contributed by atoms with van der Waals surface area (Å²) in [5.74, 6) is 1.84. The fourth-order valence-electron chi connectivity index (χ4n) is 4.04. The standard InChI is InChI=1S/C22H27N5OS/c1-2-14-26-21(18-11-7-4-8-12-18)23-24-22(26)29-16-20(28)27-15-13-19(25-27)17-9-5-3-6-10-17/h2-3,5-6,9-10,18H,1,4,7-8,11-16H2. The minimum absolute atomic E-state index is 0.00769. The van der Waals surface area contributed by atoms with E-state index in [-0.39, 0.29) is 5.91 Å². The highest BCUT2D eigenvalue weighted by Gasteiger charge is 2.25. The van der Waals surface area contributed by atoms with Crippen LogP contribution in [0, 0.1) is 0 Å². The maximum Gasteiger partial charge on any atom is 0.253 e. The van der Waals surface area contributed by atoms with Crippen molar-refractivity contribution in [1.82, 2.24) is 19.8 Å². The average molecular weight is 410 g/mol. The van der Waals surface area contributed by atoms with Crippen molar-refractivity contribution in [3.05, 3.63) is 54.4 Å². The van der Waals surface area contributed by atoms with E-state index >= 15 is 0 Å². The van der Waals surface area contributed by atoms with Crippen molar-refractivity contribution >= 4 is 23.4 Å². The van der Waals surface area contributed by atoms with Gasteiger partial charge in [0.25, 0.3) is 5.91 Å². The highest BCUT2D eigenvalue weighted by Crippen LogP contribution is 2.33. The number of amides is 1. The van der Waals surface area contributed by atoms with Crippen LogP contribution in [0.4, 0.5) is 0 Å².